The number of ether oxygens (including phenoxy) is 4. The molecule has 3 aromatic carbocycles. The molecule has 0 unspecified atom stereocenters. The second-order valence-corrected chi connectivity index (χ2v) is 12.0. The lowest BCUT2D eigenvalue weighted by Crippen LogP contribution is -2.11. The molecule has 0 saturated heterocycles. The number of aliphatic hydroxyl groups is 2. The van der Waals surface area contributed by atoms with Gasteiger partial charge in [-0.2, -0.15) is 0 Å². The fraction of sp³-hybridized carbons (Fsp3) is 0.415. The average Bonchev–Trinajstić information content (AvgIpc) is 3.13. The maximum absolute atomic E-state index is 11.6. The predicted octanol–water partition coefficient (Wildman–Crippen LogP) is 8.03. The molecule has 0 aliphatic rings. The van der Waals surface area contributed by atoms with E-state index in [2.05, 4.69) is 62.5 Å². The SMILES string of the molecule is C=C(CO)C(=O)OCCCCOc1ccc(-c2ccc(-c3ccc(OCCCCOC(=O)C(=C)CO)cc3)c(CCCCCCC)c2)cc1. The zero-order valence-corrected chi connectivity index (χ0v) is 28.9. The highest BCUT2D eigenvalue weighted by atomic mass is 16.5. The summed E-state index contributed by atoms with van der Waals surface area (Å²) in [6.45, 7) is 9.92. The van der Waals surface area contributed by atoms with Gasteiger partial charge in [-0.05, 0) is 90.6 Å². The predicted molar refractivity (Wildman–Crippen MR) is 194 cm³/mol. The van der Waals surface area contributed by atoms with Gasteiger partial charge >= 0.3 is 11.9 Å². The van der Waals surface area contributed by atoms with Crippen molar-refractivity contribution in [3.8, 4) is 33.8 Å². The topological polar surface area (TPSA) is 112 Å². The number of esters is 2. The Morgan fingerprint density at radius 2 is 1.04 bits per heavy atom. The number of hydrogen-bond acceptors (Lipinski definition) is 8. The third kappa shape index (κ3) is 13.9. The average molecular weight is 673 g/mol. The molecular formula is C41H52O8. The fourth-order valence-electron chi connectivity index (χ4n) is 5.11. The first-order valence-electron chi connectivity index (χ1n) is 17.4. The molecule has 0 fully saturated rings. The van der Waals surface area contributed by atoms with Crippen LogP contribution in [0, 0.1) is 0 Å². The van der Waals surface area contributed by atoms with Crippen molar-refractivity contribution in [2.24, 2.45) is 0 Å². The van der Waals surface area contributed by atoms with Crippen LogP contribution in [0.3, 0.4) is 0 Å². The van der Waals surface area contributed by atoms with E-state index < -0.39 is 25.2 Å². The Hall–Kier alpha value is -4.40. The van der Waals surface area contributed by atoms with E-state index in [1.165, 1.54) is 36.8 Å². The standard InChI is InChI=1S/C41H52O8/c1-4-5-6-7-8-13-36-28-35(33-14-19-37(20-15-33)46-24-9-11-26-48-40(44)31(2)29-42)18-23-39(36)34-16-21-38(22-17-34)47-25-10-12-27-49-41(45)32(3)30-43/h14-23,28,42-43H,2-13,24-27,29-30H2,1H3. The molecule has 8 nitrogen and oxygen atoms in total. The van der Waals surface area contributed by atoms with E-state index in [-0.39, 0.29) is 24.4 Å². The van der Waals surface area contributed by atoms with Gasteiger partial charge in [-0.15, -0.1) is 0 Å². The number of carbonyl (C=O) groups is 2. The Kier molecular flexibility index (Phi) is 17.7. The molecule has 3 aromatic rings. The van der Waals surface area contributed by atoms with E-state index in [1.54, 1.807) is 0 Å². The van der Waals surface area contributed by atoms with Gasteiger partial charge in [-0.25, -0.2) is 9.59 Å². The van der Waals surface area contributed by atoms with Gasteiger partial charge in [-0.3, -0.25) is 0 Å². The minimum atomic E-state index is -0.565. The van der Waals surface area contributed by atoms with Crippen LogP contribution in [-0.4, -0.2) is 61.8 Å². The summed E-state index contributed by atoms with van der Waals surface area (Å²) in [4.78, 5) is 23.1. The lowest BCUT2D eigenvalue weighted by molar-refractivity contribution is -0.140. The number of aliphatic hydroxyl groups excluding tert-OH is 2. The van der Waals surface area contributed by atoms with Crippen molar-refractivity contribution in [2.45, 2.75) is 71.1 Å². The molecule has 0 bridgehead atoms. The smallest absolute Gasteiger partial charge is 0.335 e. The first-order chi connectivity index (χ1) is 23.9. The Morgan fingerprint density at radius 1 is 0.571 bits per heavy atom. The molecule has 0 atom stereocenters. The quantitative estimate of drug-likeness (QED) is 0.0559. The summed E-state index contributed by atoms with van der Waals surface area (Å²) in [6, 6.07) is 23.0. The van der Waals surface area contributed by atoms with E-state index in [0.29, 0.717) is 26.1 Å². The molecular weight excluding hydrogens is 620 g/mol. The van der Waals surface area contributed by atoms with E-state index in [4.69, 9.17) is 29.2 Å². The van der Waals surface area contributed by atoms with Crippen LogP contribution in [0.4, 0.5) is 0 Å². The van der Waals surface area contributed by atoms with Crippen LogP contribution in [-0.2, 0) is 25.5 Å². The van der Waals surface area contributed by atoms with Crippen molar-refractivity contribution in [3.63, 3.8) is 0 Å². The van der Waals surface area contributed by atoms with Crippen molar-refractivity contribution < 1.29 is 38.7 Å². The van der Waals surface area contributed by atoms with Gasteiger partial charge < -0.3 is 29.2 Å². The highest BCUT2D eigenvalue weighted by Crippen LogP contribution is 2.32. The number of carbonyl (C=O) groups excluding carboxylic acids is 2. The Bertz CT molecular complexity index is 1460. The van der Waals surface area contributed by atoms with Gasteiger partial charge in [-0.1, -0.05) is 88.2 Å². The summed E-state index contributed by atoms with van der Waals surface area (Å²) < 4.78 is 21.9. The Morgan fingerprint density at radius 3 is 1.55 bits per heavy atom. The molecule has 49 heavy (non-hydrogen) atoms. The molecule has 2 N–H and O–H groups in total. The lowest BCUT2D eigenvalue weighted by atomic mass is 9.92. The summed E-state index contributed by atoms with van der Waals surface area (Å²) in [5.74, 6) is 0.453. The summed E-state index contributed by atoms with van der Waals surface area (Å²) >= 11 is 0. The molecule has 0 saturated carbocycles. The molecule has 8 heteroatoms. The van der Waals surface area contributed by atoms with Gasteiger partial charge in [0, 0.05) is 0 Å². The van der Waals surface area contributed by atoms with Crippen molar-refractivity contribution in [1.82, 2.24) is 0 Å². The van der Waals surface area contributed by atoms with Crippen LogP contribution in [0.15, 0.2) is 91.0 Å². The summed E-state index contributed by atoms with van der Waals surface area (Å²) in [5.41, 5.74) is 6.10. The third-order valence-electron chi connectivity index (χ3n) is 8.05. The van der Waals surface area contributed by atoms with Crippen molar-refractivity contribution in [1.29, 1.82) is 0 Å². The molecule has 0 amide bonds. The number of rotatable bonds is 24. The van der Waals surface area contributed by atoms with Gasteiger partial charge in [0.05, 0.1) is 50.8 Å². The minimum absolute atomic E-state index is 0.0564. The fourth-order valence-corrected chi connectivity index (χ4v) is 5.11. The largest absolute Gasteiger partial charge is 0.494 e. The normalized spacial score (nSPS) is 10.8. The van der Waals surface area contributed by atoms with Crippen molar-refractivity contribution >= 4 is 11.9 Å². The van der Waals surface area contributed by atoms with Crippen LogP contribution in [0.2, 0.25) is 0 Å². The van der Waals surface area contributed by atoms with Crippen molar-refractivity contribution in [2.75, 3.05) is 39.6 Å². The Labute approximate surface area is 291 Å². The van der Waals surface area contributed by atoms with E-state index in [0.717, 1.165) is 53.9 Å². The third-order valence-corrected chi connectivity index (χ3v) is 8.05. The van der Waals surface area contributed by atoms with Crippen LogP contribution >= 0.6 is 0 Å². The van der Waals surface area contributed by atoms with Crippen LogP contribution in [0.1, 0.15) is 70.3 Å². The Balaban J connectivity index is 1.56. The number of hydrogen-bond donors (Lipinski definition) is 2. The van der Waals surface area contributed by atoms with Gasteiger partial charge in [0.25, 0.3) is 0 Å². The second kappa shape index (κ2) is 22.3. The molecule has 264 valence electrons. The van der Waals surface area contributed by atoms with Crippen LogP contribution in [0.25, 0.3) is 22.3 Å². The first-order valence-corrected chi connectivity index (χ1v) is 17.4. The monoisotopic (exact) mass is 672 g/mol. The molecule has 0 aromatic heterocycles. The summed E-state index contributed by atoms with van der Waals surface area (Å²) in [7, 11) is 0. The number of aryl methyl sites for hydroxylation is 1. The maximum atomic E-state index is 11.6. The zero-order chi connectivity index (χ0) is 35.3. The number of benzene rings is 3. The summed E-state index contributed by atoms with van der Waals surface area (Å²) in [6.07, 6.45) is 9.90. The molecule has 0 heterocycles. The maximum Gasteiger partial charge on any atom is 0.335 e. The molecule has 0 aliphatic carbocycles. The van der Waals surface area contributed by atoms with Crippen molar-refractivity contribution in [3.05, 3.63) is 96.6 Å². The molecule has 0 radical (unpaired) electrons. The van der Waals surface area contributed by atoms with E-state index in [1.807, 2.05) is 24.3 Å². The molecule has 0 aliphatic heterocycles. The van der Waals surface area contributed by atoms with Gasteiger partial charge in [0.2, 0.25) is 0 Å². The minimum Gasteiger partial charge on any atom is -0.494 e. The molecule has 3 rings (SSSR count). The van der Waals surface area contributed by atoms with Crippen LogP contribution < -0.4 is 9.47 Å². The highest BCUT2D eigenvalue weighted by Gasteiger charge is 2.11. The zero-order valence-electron chi connectivity index (χ0n) is 28.9. The lowest BCUT2D eigenvalue weighted by Gasteiger charge is -2.14. The van der Waals surface area contributed by atoms with E-state index in [9.17, 15) is 9.59 Å². The second-order valence-electron chi connectivity index (χ2n) is 12.0. The van der Waals surface area contributed by atoms with Gasteiger partial charge in [0.1, 0.15) is 11.5 Å². The van der Waals surface area contributed by atoms with Crippen LogP contribution in [0.5, 0.6) is 11.5 Å². The highest BCUT2D eigenvalue weighted by molar-refractivity contribution is 5.88. The molecule has 0 spiro atoms. The first kappa shape index (κ1) is 39.0. The van der Waals surface area contributed by atoms with Gasteiger partial charge in [0.15, 0.2) is 0 Å². The van der Waals surface area contributed by atoms with E-state index >= 15 is 0 Å². The number of unbranched alkanes of at least 4 members (excludes halogenated alkanes) is 6. The summed E-state index contributed by atoms with van der Waals surface area (Å²) in [5, 5.41) is 17.9.